The molecule has 2 aromatic carbocycles. The van der Waals surface area contributed by atoms with Crippen molar-refractivity contribution >= 4 is 0 Å². The van der Waals surface area contributed by atoms with Crippen LogP contribution in [-0.2, 0) is 6.42 Å². The fourth-order valence-corrected chi connectivity index (χ4v) is 2.25. The van der Waals surface area contributed by atoms with Crippen LogP contribution >= 0.6 is 0 Å². The molecular formula is C18H17NO. The molecule has 3 rings (SSSR count). The Kier molecular flexibility index (Phi) is 3.64. The van der Waals surface area contributed by atoms with Gasteiger partial charge in [-0.15, -0.1) is 0 Å². The molecule has 0 saturated heterocycles. The molecule has 100 valence electrons. The standard InChI is InChI=1S/C18H17NO/c1-2-6-14-9-11-15(12-10-14)17-13-19-18(20-17)16-7-4-3-5-8-16/h3-5,7-13H,2,6H2,1H3. The van der Waals surface area contributed by atoms with E-state index >= 15 is 0 Å². The van der Waals surface area contributed by atoms with E-state index in [-0.39, 0.29) is 0 Å². The molecule has 0 aliphatic heterocycles. The van der Waals surface area contributed by atoms with Gasteiger partial charge in [0.2, 0.25) is 5.89 Å². The zero-order valence-corrected chi connectivity index (χ0v) is 11.5. The van der Waals surface area contributed by atoms with E-state index in [1.807, 2.05) is 30.3 Å². The lowest BCUT2D eigenvalue weighted by Gasteiger charge is -2.00. The first-order valence-electron chi connectivity index (χ1n) is 6.97. The number of rotatable bonds is 4. The first-order valence-corrected chi connectivity index (χ1v) is 6.97. The fourth-order valence-electron chi connectivity index (χ4n) is 2.25. The van der Waals surface area contributed by atoms with Gasteiger partial charge in [0.15, 0.2) is 5.76 Å². The highest BCUT2D eigenvalue weighted by Gasteiger charge is 2.07. The minimum absolute atomic E-state index is 0.665. The first-order chi connectivity index (χ1) is 9.86. The quantitative estimate of drug-likeness (QED) is 0.664. The van der Waals surface area contributed by atoms with Crippen LogP contribution in [0, 0.1) is 0 Å². The predicted molar refractivity (Wildman–Crippen MR) is 81.4 cm³/mol. The summed E-state index contributed by atoms with van der Waals surface area (Å²) < 4.78 is 5.84. The minimum Gasteiger partial charge on any atom is -0.436 e. The molecule has 2 nitrogen and oxygen atoms in total. The number of aryl methyl sites for hydroxylation is 1. The van der Waals surface area contributed by atoms with E-state index in [4.69, 9.17) is 4.42 Å². The van der Waals surface area contributed by atoms with Crippen molar-refractivity contribution in [3.63, 3.8) is 0 Å². The Balaban J connectivity index is 1.86. The Morgan fingerprint density at radius 2 is 1.65 bits per heavy atom. The lowest BCUT2D eigenvalue weighted by Crippen LogP contribution is -1.82. The third kappa shape index (κ3) is 2.64. The molecular weight excluding hydrogens is 246 g/mol. The van der Waals surface area contributed by atoms with Gasteiger partial charge in [0.25, 0.3) is 0 Å². The van der Waals surface area contributed by atoms with Crippen LogP contribution < -0.4 is 0 Å². The first kappa shape index (κ1) is 12.7. The summed E-state index contributed by atoms with van der Waals surface area (Å²) in [5.74, 6) is 1.48. The van der Waals surface area contributed by atoms with Crippen LogP contribution in [0.15, 0.2) is 65.2 Å². The van der Waals surface area contributed by atoms with Gasteiger partial charge in [0.1, 0.15) is 0 Å². The van der Waals surface area contributed by atoms with E-state index in [1.165, 1.54) is 12.0 Å². The number of oxazole rings is 1. The molecule has 0 amide bonds. The molecule has 0 unspecified atom stereocenters. The van der Waals surface area contributed by atoms with Crippen molar-refractivity contribution in [2.75, 3.05) is 0 Å². The number of benzene rings is 2. The lowest BCUT2D eigenvalue weighted by molar-refractivity contribution is 0.589. The summed E-state index contributed by atoms with van der Waals surface area (Å²) in [5, 5.41) is 0. The van der Waals surface area contributed by atoms with Crippen molar-refractivity contribution in [3.05, 3.63) is 66.4 Å². The summed E-state index contributed by atoms with van der Waals surface area (Å²) in [6.07, 6.45) is 4.07. The molecule has 20 heavy (non-hydrogen) atoms. The SMILES string of the molecule is CCCc1ccc(-c2cnc(-c3ccccc3)o2)cc1. The van der Waals surface area contributed by atoms with Gasteiger partial charge >= 0.3 is 0 Å². The van der Waals surface area contributed by atoms with Crippen LogP contribution in [-0.4, -0.2) is 4.98 Å². The smallest absolute Gasteiger partial charge is 0.226 e. The summed E-state index contributed by atoms with van der Waals surface area (Å²) >= 11 is 0. The Hall–Kier alpha value is -2.35. The average Bonchev–Trinajstić information content (AvgIpc) is 2.99. The molecule has 0 saturated carbocycles. The predicted octanol–water partition coefficient (Wildman–Crippen LogP) is 4.96. The van der Waals surface area contributed by atoms with Crippen LogP contribution in [0.3, 0.4) is 0 Å². The molecule has 2 heteroatoms. The Bertz CT molecular complexity index is 668. The highest BCUT2D eigenvalue weighted by molar-refractivity contribution is 5.61. The van der Waals surface area contributed by atoms with Crippen LogP contribution in [0.1, 0.15) is 18.9 Å². The van der Waals surface area contributed by atoms with E-state index in [9.17, 15) is 0 Å². The molecule has 0 atom stereocenters. The summed E-state index contributed by atoms with van der Waals surface area (Å²) in [5.41, 5.74) is 3.43. The molecule has 1 heterocycles. The van der Waals surface area contributed by atoms with Gasteiger partial charge in [-0.3, -0.25) is 0 Å². The van der Waals surface area contributed by atoms with Crippen LogP contribution in [0.5, 0.6) is 0 Å². The van der Waals surface area contributed by atoms with E-state index < -0.39 is 0 Å². The maximum atomic E-state index is 5.84. The van der Waals surface area contributed by atoms with Crippen molar-refractivity contribution in [1.82, 2.24) is 4.98 Å². The molecule has 0 bridgehead atoms. The number of hydrogen-bond donors (Lipinski definition) is 0. The third-order valence-electron chi connectivity index (χ3n) is 3.30. The van der Waals surface area contributed by atoms with Crippen molar-refractivity contribution in [3.8, 4) is 22.8 Å². The molecule has 0 fully saturated rings. The lowest BCUT2D eigenvalue weighted by atomic mass is 10.1. The van der Waals surface area contributed by atoms with Gasteiger partial charge in [-0.2, -0.15) is 0 Å². The van der Waals surface area contributed by atoms with Gasteiger partial charge in [0.05, 0.1) is 6.20 Å². The molecule has 0 spiro atoms. The molecule has 0 aliphatic rings. The Morgan fingerprint density at radius 1 is 0.900 bits per heavy atom. The third-order valence-corrected chi connectivity index (χ3v) is 3.30. The zero-order chi connectivity index (χ0) is 13.8. The van der Waals surface area contributed by atoms with Gasteiger partial charge < -0.3 is 4.42 Å². The highest BCUT2D eigenvalue weighted by Crippen LogP contribution is 2.26. The van der Waals surface area contributed by atoms with E-state index in [0.29, 0.717) is 5.89 Å². The largest absolute Gasteiger partial charge is 0.436 e. The van der Waals surface area contributed by atoms with Crippen molar-refractivity contribution < 1.29 is 4.42 Å². The highest BCUT2D eigenvalue weighted by atomic mass is 16.4. The molecule has 0 N–H and O–H groups in total. The zero-order valence-electron chi connectivity index (χ0n) is 11.5. The van der Waals surface area contributed by atoms with E-state index in [1.54, 1.807) is 6.20 Å². The van der Waals surface area contributed by atoms with E-state index in [2.05, 4.69) is 36.2 Å². The molecule has 3 aromatic rings. The topological polar surface area (TPSA) is 26.0 Å². The minimum atomic E-state index is 0.665. The maximum absolute atomic E-state index is 5.84. The second kappa shape index (κ2) is 5.74. The molecule has 1 aromatic heterocycles. The van der Waals surface area contributed by atoms with Crippen molar-refractivity contribution in [1.29, 1.82) is 0 Å². The number of aromatic nitrogens is 1. The summed E-state index contributed by atoms with van der Waals surface area (Å²) in [4.78, 5) is 4.35. The van der Waals surface area contributed by atoms with E-state index in [0.717, 1.165) is 23.3 Å². The van der Waals surface area contributed by atoms with Crippen LogP contribution in [0.25, 0.3) is 22.8 Å². The van der Waals surface area contributed by atoms with Gasteiger partial charge in [0, 0.05) is 11.1 Å². The summed E-state index contributed by atoms with van der Waals surface area (Å²) in [6, 6.07) is 18.5. The summed E-state index contributed by atoms with van der Waals surface area (Å²) in [6.45, 7) is 2.19. The van der Waals surface area contributed by atoms with Crippen molar-refractivity contribution in [2.45, 2.75) is 19.8 Å². The Labute approximate surface area is 119 Å². The number of hydrogen-bond acceptors (Lipinski definition) is 2. The average molecular weight is 263 g/mol. The molecule has 0 aliphatic carbocycles. The van der Waals surface area contributed by atoms with Crippen molar-refractivity contribution in [2.24, 2.45) is 0 Å². The van der Waals surface area contributed by atoms with Gasteiger partial charge in [-0.25, -0.2) is 4.98 Å². The summed E-state index contributed by atoms with van der Waals surface area (Å²) in [7, 11) is 0. The van der Waals surface area contributed by atoms with Crippen LogP contribution in [0.2, 0.25) is 0 Å². The normalized spacial score (nSPS) is 10.7. The number of nitrogens with zero attached hydrogens (tertiary/aromatic N) is 1. The Morgan fingerprint density at radius 3 is 2.35 bits per heavy atom. The van der Waals surface area contributed by atoms with Crippen LogP contribution in [0.4, 0.5) is 0 Å². The monoisotopic (exact) mass is 263 g/mol. The maximum Gasteiger partial charge on any atom is 0.226 e. The second-order valence-corrected chi connectivity index (χ2v) is 4.84. The fraction of sp³-hybridized carbons (Fsp3) is 0.167. The van der Waals surface area contributed by atoms with Gasteiger partial charge in [-0.05, 0) is 24.1 Å². The van der Waals surface area contributed by atoms with Gasteiger partial charge in [-0.1, -0.05) is 55.8 Å². The second-order valence-electron chi connectivity index (χ2n) is 4.84. The molecule has 0 radical (unpaired) electrons.